The summed E-state index contributed by atoms with van der Waals surface area (Å²) in [5.74, 6) is 0.416. The third-order valence-electron chi connectivity index (χ3n) is 3.98. The second-order valence-electron chi connectivity index (χ2n) is 6.92. The fraction of sp³-hybridized carbons (Fsp3) is 0.333. The molecule has 2 aromatic rings. The molecule has 0 saturated carbocycles. The molecule has 0 aliphatic rings. The van der Waals surface area contributed by atoms with Crippen LogP contribution in [0.1, 0.15) is 27.7 Å². The number of benzene rings is 2. The standard InChI is InChI=1S/C21H26N2O4/c1-14(2)27-18-9-7-6-8-17(18)23-20(25)21(3,4)19(24)22-15-10-12-16(26-5)13-11-15/h6-14H,1-5H3,(H,22,24)(H,23,25). The number of hydrogen-bond acceptors (Lipinski definition) is 4. The largest absolute Gasteiger partial charge is 0.497 e. The minimum atomic E-state index is -1.29. The molecule has 2 amide bonds. The van der Waals surface area contributed by atoms with Crippen molar-refractivity contribution in [3.8, 4) is 11.5 Å². The number of nitrogens with one attached hydrogen (secondary N) is 2. The van der Waals surface area contributed by atoms with E-state index in [0.717, 1.165) is 0 Å². The molecular formula is C21H26N2O4. The molecule has 0 aromatic heterocycles. The molecule has 144 valence electrons. The van der Waals surface area contributed by atoms with Gasteiger partial charge in [0, 0.05) is 5.69 Å². The number of anilines is 2. The monoisotopic (exact) mass is 370 g/mol. The summed E-state index contributed by atoms with van der Waals surface area (Å²) in [7, 11) is 1.57. The third kappa shape index (κ3) is 5.23. The van der Waals surface area contributed by atoms with Crippen molar-refractivity contribution in [2.24, 2.45) is 5.41 Å². The van der Waals surface area contributed by atoms with Crippen molar-refractivity contribution in [1.29, 1.82) is 0 Å². The van der Waals surface area contributed by atoms with Crippen LogP contribution in [-0.4, -0.2) is 25.0 Å². The lowest BCUT2D eigenvalue weighted by atomic mass is 9.90. The maximum Gasteiger partial charge on any atom is 0.239 e. The van der Waals surface area contributed by atoms with Gasteiger partial charge in [-0.15, -0.1) is 0 Å². The van der Waals surface area contributed by atoms with Gasteiger partial charge in [-0.3, -0.25) is 9.59 Å². The molecule has 2 rings (SSSR count). The number of methoxy groups -OCH3 is 1. The molecule has 2 N–H and O–H groups in total. The average molecular weight is 370 g/mol. The second-order valence-corrected chi connectivity index (χ2v) is 6.92. The molecule has 0 saturated heterocycles. The summed E-state index contributed by atoms with van der Waals surface area (Å²) in [6.45, 7) is 6.97. The van der Waals surface area contributed by atoms with E-state index in [1.54, 1.807) is 63.4 Å². The van der Waals surface area contributed by atoms with Gasteiger partial charge in [0.25, 0.3) is 0 Å². The van der Waals surface area contributed by atoms with Crippen molar-refractivity contribution < 1.29 is 19.1 Å². The van der Waals surface area contributed by atoms with E-state index in [9.17, 15) is 9.59 Å². The molecule has 0 aliphatic heterocycles. The maximum absolute atomic E-state index is 12.8. The second kappa shape index (κ2) is 8.58. The summed E-state index contributed by atoms with van der Waals surface area (Å²) >= 11 is 0. The van der Waals surface area contributed by atoms with Crippen molar-refractivity contribution in [2.75, 3.05) is 17.7 Å². The Balaban J connectivity index is 2.10. The molecule has 0 heterocycles. The number of amides is 2. The van der Waals surface area contributed by atoms with Gasteiger partial charge in [-0.05, 0) is 64.1 Å². The predicted octanol–water partition coefficient (Wildman–Crippen LogP) is 4.09. The van der Waals surface area contributed by atoms with Crippen LogP contribution in [0.2, 0.25) is 0 Å². The topological polar surface area (TPSA) is 76.7 Å². The Morgan fingerprint density at radius 3 is 2.11 bits per heavy atom. The highest BCUT2D eigenvalue weighted by molar-refractivity contribution is 6.14. The van der Waals surface area contributed by atoms with E-state index < -0.39 is 17.2 Å². The summed E-state index contributed by atoms with van der Waals surface area (Å²) in [4.78, 5) is 25.4. The minimum absolute atomic E-state index is 0.0329. The molecule has 0 atom stereocenters. The molecule has 0 bridgehead atoms. The summed E-state index contributed by atoms with van der Waals surface area (Å²) in [6.07, 6.45) is -0.0329. The number of rotatable bonds is 7. The lowest BCUT2D eigenvalue weighted by Gasteiger charge is -2.24. The van der Waals surface area contributed by atoms with Gasteiger partial charge in [0.15, 0.2) is 0 Å². The van der Waals surface area contributed by atoms with Crippen LogP contribution in [0.4, 0.5) is 11.4 Å². The van der Waals surface area contributed by atoms with E-state index in [1.165, 1.54) is 0 Å². The van der Waals surface area contributed by atoms with Crippen LogP contribution in [0.5, 0.6) is 11.5 Å². The Bertz CT molecular complexity index is 798. The molecule has 0 radical (unpaired) electrons. The van der Waals surface area contributed by atoms with Gasteiger partial charge >= 0.3 is 0 Å². The van der Waals surface area contributed by atoms with E-state index in [2.05, 4.69) is 10.6 Å². The Morgan fingerprint density at radius 2 is 1.52 bits per heavy atom. The van der Waals surface area contributed by atoms with Crippen LogP contribution in [0.25, 0.3) is 0 Å². The number of carbonyl (C=O) groups excluding carboxylic acids is 2. The van der Waals surface area contributed by atoms with Gasteiger partial charge < -0.3 is 20.1 Å². The van der Waals surface area contributed by atoms with Crippen molar-refractivity contribution in [3.63, 3.8) is 0 Å². The molecular weight excluding hydrogens is 344 g/mol. The predicted molar refractivity (Wildman–Crippen MR) is 106 cm³/mol. The SMILES string of the molecule is COc1ccc(NC(=O)C(C)(C)C(=O)Nc2ccccc2OC(C)C)cc1. The highest BCUT2D eigenvalue weighted by atomic mass is 16.5. The molecule has 0 fully saturated rings. The Morgan fingerprint density at radius 1 is 0.926 bits per heavy atom. The van der Waals surface area contributed by atoms with E-state index in [-0.39, 0.29) is 6.10 Å². The average Bonchev–Trinajstić information content (AvgIpc) is 2.63. The quantitative estimate of drug-likeness (QED) is 0.720. The van der Waals surface area contributed by atoms with Gasteiger partial charge in [-0.1, -0.05) is 12.1 Å². The lowest BCUT2D eigenvalue weighted by molar-refractivity contribution is -0.135. The summed E-state index contributed by atoms with van der Waals surface area (Å²) in [5.41, 5.74) is -0.169. The number of ether oxygens (including phenoxy) is 2. The number of hydrogen-bond donors (Lipinski definition) is 2. The Labute approximate surface area is 159 Å². The van der Waals surface area contributed by atoms with Crippen LogP contribution in [0.15, 0.2) is 48.5 Å². The minimum Gasteiger partial charge on any atom is -0.497 e. The summed E-state index contributed by atoms with van der Waals surface area (Å²) in [6, 6.07) is 14.1. The van der Waals surface area contributed by atoms with Crippen molar-refractivity contribution in [2.45, 2.75) is 33.8 Å². The van der Waals surface area contributed by atoms with E-state index in [4.69, 9.17) is 9.47 Å². The molecule has 2 aromatic carbocycles. The zero-order valence-electron chi connectivity index (χ0n) is 16.3. The van der Waals surface area contributed by atoms with E-state index in [1.807, 2.05) is 19.9 Å². The van der Waals surface area contributed by atoms with Crippen molar-refractivity contribution in [3.05, 3.63) is 48.5 Å². The molecule has 0 unspecified atom stereocenters. The summed E-state index contributed by atoms with van der Waals surface area (Å²) < 4.78 is 10.8. The highest BCUT2D eigenvalue weighted by Crippen LogP contribution is 2.28. The van der Waals surface area contributed by atoms with Crippen LogP contribution in [-0.2, 0) is 9.59 Å². The van der Waals surface area contributed by atoms with Crippen molar-refractivity contribution in [1.82, 2.24) is 0 Å². The smallest absolute Gasteiger partial charge is 0.239 e. The van der Waals surface area contributed by atoms with Gasteiger partial charge in [-0.25, -0.2) is 0 Å². The molecule has 6 nitrogen and oxygen atoms in total. The first kappa shape index (κ1) is 20.3. The third-order valence-corrected chi connectivity index (χ3v) is 3.98. The van der Waals surface area contributed by atoms with Gasteiger partial charge in [0.1, 0.15) is 16.9 Å². The normalized spacial score (nSPS) is 11.0. The highest BCUT2D eigenvalue weighted by Gasteiger charge is 2.36. The fourth-order valence-electron chi connectivity index (χ4n) is 2.27. The molecule has 27 heavy (non-hydrogen) atoms. The fourth-order valence-corrected chi connectivity index (χ4v) is 2.27. The van der Waals surface area contributed by atoms with Crippen LogP contribution in [0, 0.1) is 5.41 Å². The summed E-state index contributed by atoms with van der Waals surface area (Å²) in [5, 5.41) is 5.56. The molecule has 6 heteroatoms. The zero-order valence-corrected chi connectivity index (χ0v) is 16.3. The first-order valence-electron chi connectivity index (χ1n) is 8.76. The van der Waals surface area contributed by atoms with Crippen LogP contribution >= 0.6 is 0 Å². The van der Waals surface area contributed by atoms with Gasteiger partial charge in [0.2, 0.25) is 11.8 Å². The van der Waals surface area contributed by atoms with Gasteiger partial charge in [0.05, 0.1) is 18.9 Å². The van der Waals surface area contributed by atoms with Crippen LogP contribution in [0.3, 0.4) is 0 Å². The first-order valence-corrected chi connectivity index (χ1v) is 8.76. The molecule has 0 aliphatic carbocycles. The van der Waals surface area contributed by atoms with E-state index >= 15 is 0 Å². The molecule has 0 spiro atoms. The lowest BCUT2D eigenvalue weighted by Crippen LogP contribution is -2.41. The zero-order chi connectivity index (χ0) is 20.0. The van der Waals surface area contributed by atoms with Crippen molar-refractivity contribution >= 4 is 23.2 Å². The Hall–Kier alpha value is -3.02. The van der Waals surface area contributed by atoms with E-state index in [0.29, 0.717) is 22.9 Å². The first-order chi connectivity index (χ1) is 12.7. The maximum atomic E-state index is 12.8. The van der Waals surface area contributed by atoms with Gasteiger partial charge in [-0.2, -0.15) is 0 Å². The number of para-hydroxylation sites is 2. The van der Waals surface area contributed by atoms with Crippen LogP contribution < -0.4 is 20.1 Å². The Kier molecular flexibility index (Phi) is 6.45. The number of carbonyl (C=O) groups is 2.